The van der Waals surface area contributed by atoms with Crippen molar-refractivity contribution < 1.29 is 19.1 Å². The van der Waals surface area contributed by atoms with E-state index in [0.29, 0.717) is 5.56 Å². The summed E-state index contributed by atoms with van der Waals surface area (Å²) in [5, 5.41) is 2.42. The Labute approximate surface area is 117 Å². The molecular formula is C15H17NO4. The topological polar surface area (TPSA) is 72.5 Å². The van der Waals surface area contributed by atoms with Crippen LogP contribution in [0.3, 0.4) is 0 Å². The van der Waals surface area contributed by atoms with Gasteiger partial charge in [-0.1, -0.05) is 30.3 Å². The van der Waals surface area contributed by atoms with E-state index in [1.54, 1.807) is 37.3 Å². The third-order valence-electron chi connectivity index (χ3n) is 2.44. The number of rotatable bonds is 6. The molecule has 0 radical (unpaired) electrons. The van der Waals surface area contributed by atoms with Crippen molar-refractivity contribution in [3.8, 4) is 0 Å². The van der Waals surface area contributed by atoms with Crippen LogP contribution in [0.25, 0.3) is 0 Å². The first-order valence-electron chi connectivity index (χ1n) is 6.29. The zero-order valence-electron chi connectivity index (χ0n) is 11.5. The van der Waals surface area contributed by atoms with E-state index in [-0.39, 0.29) is 12.4 Å². The molecule has 0 spiro atoms. The summed E-state index contributed by atoms with van der Waals surface area (Å²) in [4.78, 5) is 34.6. The van der Waals surface area contributed by atoms with Crippen molar-refractivity contribution in [2.75, 3.05) is 6.61 Å². The van der Waals surface area contributed by atoms with Crippen molar-refractivity contribution in [3.63, 3.8) is 0 Å². The van der Waals surface area contributed by atoms with Gasteiger partial charge in [0.2, 0.25) is 5.91 Å². The predicted octanol–water partition coefficient (Wildman–Crippen LogP) is 1.49. The normalized spacial score (nSPS) is 11.9. The smallest absolute Gasteiger partial charge is 0.328 e. The lowest BCUT2D eigenvalue weighted by Crippen LogP contribution is -2.38. The lowest BCUT2D eigenvalue weighted by atomic mass is 10.1. The molecule has 0 aromatic heterocycles. The Bertz CT molecular complexity index is 508. The summed E-state index contributed by atoms with van der Waals surface area (Å²) in [6, 6.07) is 7.85. The molecule has 0 aliphatic heterocycles. The average Bonchev–Trinajstić information content (AvgIpc) is 2.45. The second-order valence-electron chi connectivity index (χ2n) is 4.05. The van der Waals surface area contributed by atoms with E-state index in [2.05, 4.69) is 5.32 Å². The fraction of sp³-hybridized carbons (Fsp3) is 0.267. The van der Waals surface area contributed by atoms with Gasteiger partial charge in [0, 0.05) is 11.6 Å². The van der Waals surface area contributed by atoms with Gasteiger partial charge in [0.25, 0.3) is 0 Å². The molecule has 0 saturated carbocycles. The first-order valence-corrected chi connectivity index (χ1v) is 6.29. The molecular weight excluding hydrogens is 258 g/mol. The van der Waals surface area contributed by atoms with E-state index in [0.717, 1.165) is 6.08 Å². The molecule has 20 heavy (non-hydrogen) atoms. The van der Waals surface area contributed by atoms with Gasteiger partial charge in [-0.25, -0.2) is 4.79 Å². The van der Waals surface area contributed by atoms with Gasteiger partial charge in [-0.15, -0.1) is 0 Å². The summed E-state index contributed by atoms with van der Waals surface area (Å²) in [7, 11) is 0. The fourth-order valence-electron chi connectivity index (χ4n) is 1.44. The lowest BCUT2D eigenvalue weighted by molar-refractivity contribution is -0.146. The van der Waals surface area contributed by atoms with Crippen LogP contribution >= 0.6 is 0 Å². The molecule has 5 heteroatoms. The van der Waals surface area contributed by atoms with Crippen LogP contribution in [0.15, 0.2) is 42.5 Å². The number of hydrogen-bond acceptors (Lipinski definition) is 4. The van der Waals surface area contributed by atoms with Crippen LogP contribution in [0, 0.1) is 0 Å². The summed E-state index contributed by atoms with van der Waals surface area (Å²) >= 11 is 0. The number of hydrogen-bond donors (Lipinski definition) is 1. The van der Waals surface area contributed by atoms with Crippen LogP contribution in [-0.2, 0) is 14.3 Å². The molecule has 5 nitrogen and oxygen atoms in total. The van der Waals surface area contributed by atoms with E-state index in [9.17, 15) is 14.4 Å². The Morgan fingerprint density at radius 2 is 1.85 bits per heavy atom. The minimum atomic E-state index is -0.751. The Hall–Kier alpha value is -2.43. The number of benzene rings is 1. The van der Waals surface area contributed by atoms with Crippen molar-refractivity contribution in [2.24, 2.45) is 0 Å². The largest absolute Gasteiger partial charge is 0.464 e. The molecule has 106 valence electrons. The monoisotopic (exact) mass is 275 g/mol. The molecule has 0 saturated heterocycles. The summed E-state index contributed by atoms with van der Waals surface area (Å²) in [6.07, 6.45) is 2.27. The molecule has 1 amide bonds. The molecule has 1 atom stereocenters. The van der Waals surface area contributed by atoms with Gasteiger partial charge in [-0.3, -0.25) is 9.59 Å². The van der Waals surface area contributed by atoms with E-state index in [1.165, 1.54) is 13.0 Å². The highest BCUT2D eigenvalue weighted by Crippen LogP contribution is 2.00. The van der Waals surface area contributed by atoms with Crippen LogP contribution in [0.4, 0.5) is 0 Å². The molecule has 0 unspecified atom stereocenters. The van der Waals surface area contributed by atoms with Crippen LogP contribution in [0.1, 0.15) is 24.2 Å². The Balaban J connectivity index is 2.52. The molecule has 1 aromatic rings. The Kier molecular flexibility index (Phi) is 6.16. The molecule has 0 fully saturated rings. The maximum absolute atomic E-state index is 11.7. The van der Waals surface area contributed by atoms with E-state index >= 15 is 0 Å². The molecule has 1 aromatic carbocycles. The van der Waals surface area contributed by atoms with Gasteiger partial charge < -0.3 is 10.1 Å². The third kappa shape index (κ3) is 5.06. The first-order chi connectivity index (χ1) is 9.54. The van der Waals surface area contributed by atoms with Gasteiger partial charge in [0.05, 0.1) is 6.61 Å². The number of esters is 1. The van der Waals surface area contributed by atoms with Crippen molar-refractivity contribution in [1.29, 1.82) is 0 Å². The number of amides is 1. The number of ether oxygens (including phenoxy) is 1. The molecule has 0 bridgehead atoms. The number of nitrogens with one attached hydrogen (secondary N) is 1. The average molecular weight is 275 g/mol. The molecule has 0 heterocycles. The molecule has 1 rings (SSSR count). The highest BCUT2D eigenvalue weighted by atomic mass is 16.5. The van der Waals surface area contributed by atoms with Crippen molar-refractivity contribution in [2.45, 2.75) is 19.9 Å². The fourth-order valence-corrected chi connectivity index (χ4v) is 1.44. The third-order valence-corrected chi connectivity index (χ3v) is 2.44. The minimum absolute atomic E-state index is 0.251. The molecule has 0 aliphatic rings. The number of carbonyl (C=O) groups is 3. The molecule has 1 N–H and O–H groups in total. The lowest BCUT2D eigenvalue weighted by Gasteiger charge is -2.10. The van der Waals surface area contributed by atoms with Crippen LogP contribution in [0.5, 0.6) is 0 Å². The highest BCUT2D eigenvalue weighted by molar-refractivity contribution is 6.07. The number of allylic oxidation sites excluding steroid dienone is 1. The molecule has 0 aliphatic carbocycles. The zero-order valence-corrected chi connectivity index (χ0v) is 11.5. The van der Waals surface area contributed by atoms with Crippen molar-refractivity contribution in [1.82, 2.24) is 5.32 Å². The quantitative estimate of drug-likeness (QED) is 0.485. The van der Waals surface area contributed by atoms with Crippen molar-refractivity contribution in [3.05, 3.63) is 48.0 Å². The Morgan fingerprint density at radius 3 is 2.45 bits per heavy atom. The number of carbonyl (C=O) groups excluding carboxylic acids is 3. The Morgan fingerprint density at radius 1 is 1.20 bits per heavy atom. The van der Waals surface area contributed by atoms with Crippen molar-refractivity contribution >= 4 is 17.7 Å². The van der Waals surface area contributed by atoms with E-state index in [1.807, 2.05) is 0 Å². The maximum Gasteiger partial charge on any atom is 0.328 e. The summed E-state index contributed by atoms with van der Waals surface area (Å²) in [5.41, 5.74) is 0.495. The van der Waals surface area contributed by atoms with Gasteiger partial charge in [-0.2, -0.15) is 0 Å². The standard InChI is InChI=1S/C15H17NO4/c1-3-20-15(19)11(2)16-14(18)10-9-13(17)12-7-5-4-6-8-12/h4-11H,3H2,1-2H3,(H,16,18)/b10-9+/t11-/m0/s1. The highest BCUT2D eigenvalue weighted by Gasteiger charge is 2.15. The second-order valence-corrected chi connectivity index (χ2v) is 4.05. The minimum Gasteiger partial charge on any atom is -0.464 e. The van der Waals surface area contributed by atoms with E-state index < -0.39 is 17.9 Å². The summed E-state index contributed by atoms with van der Waals surface area (Å²) in [6.45, 7) is 3.45. The first kappa shape index (κ1) is 15.6. The summed E-state index contributed by atoms with van der Waals surface area (Å²) < 4.78 is 4.75. The van der Waals surface area contributed by atoms with Crippen LogP contribution < -0.4 is 5.32 Å². The van der Waals surface area contributed by atoms with Gasteiger partial charge in [0.1, 0.15) is 6.04 Å². The van der Waals surface area contributed by atoms with Crippen LogP contribution in [0.2, 0.25) is 0 Å². The maximum atomic E-state index is 11.7. The van der Waals surface area contributed by atoms with E-state index in [4.69, 9.17) is 4.74 Å². The predicted molar refractivity (Wildman–Crippen MR) is 74.2 cm³/mol. The van der Waals surface area contributed by atoms with Crippen LogP contribution in [-0.4, -0.2) is 30.3 Å². The SMILES string of the molecule is CCOC(=O)[C@H](C)NC(=O)/C=C/C(=O)c1ccccc1. The number of ketones is 1. The second kappa shape index (κ2) is 7.89. The van der Waals surface area contributed by atoms with Gasteiger partial charge in [-0.05, 0) is 19.9 Å². The summed E-state index contributed by atoms with van der Waals surface area (Å²) in [5.74, 6) is -1.30. The van der Waals surface area contributed by atoms with Gasteiger partial charge >= 0.3 is 5.97 Å². The van der Waals surface area contributed by atoms with Gasteiger partial charge in [0.15, 0.2) is 5.78 Å². The zero-order chi connectivity index (χ0) is 15.0.